The standard InChI is InChI=1S/C14H18ClN3O4S/c1-23(21,22)17-7-6-16-14(20)10-8-13(19)18(9-10)12-4-2-11(15)3-5-12/h2-5,10,17H,6-9H2,1H3,(H,16,20). The lowest BCUT2D eigenvalue weighted by atomic mass is 10.1. The summed E-state index contributed by atoms with van der Waals surface area (Å²) in [4.78, 5) is 25.7. The molecule has 126 valence electrons. The van der Waals surface area contributed by atoms with Gasteiger partial charge >= 0.3 is 0 Å². The van der Waals surface area contributed by atoms with E-state index >= 15 is 0 Å². The molecule has 1 atom stereocenters. The number of nitrogens with one attached hydrogen (secondary N) is 2. The third-order valence-electron chi connectivity index (χ3n) is 3.42. The van der Waals surface area contributed by atoms with E-state index in [1.54, 1.807) is 29.2 Å². The number of benzene rings is 1. The van der Waals surface area contributed by atoms with E-state index in [-0.39, 0.29) is 31.3 Å². The Morgan fingerprint density at radius 2 is 1.96 bits per heavy atom. The van der Waals surface area contributed by atoms with Gasteiger partial charge in [0.05, 0.1) is 12.2 Å². The van der Waals surface area contributed by atoms with Gasteiger partial charge in [-0.2, -0.15) is 0 Å². The predicted molar refractivity (Wildman–Crippen MR) is 87.8 cm³/mol. The van der Waals surface area contributed by atoms with Crippen molar-refractivity contribution >= 4 is 39.1 Å². The third-order valence-corrected chi connectivity index (χ3v) is 4.40. The highest BCUT2D eigenvalue weighted by molar-refractivity contribution is 7.88. The molecule has 0 spiro atoms. The number of hydrogen-bond donors (Lipinski definition) is 2. The molecule has 2 N–H and O–H groups in total. The minimum Gasteiger partial charge on any atom is -0.354 e. The summed E-state index contributed by atoms with van der Waals surface area (Å²) in [6.45, 7) is 0.593. The number of hydrogen-bond acceptors (Lipinski definition) is 4. The molecule has 9 heteroatoms. The highest BCUT2D eigenvalue weighted by Gasteiger charge is 2.34. The molecule has 2 rings (SSSR count). The van der Waals surface area contributed by atoms with Gasteiger partial charge in [0, 0.05) is 36.8 Å². The van der Waals surface area contributed by atoms with Crippen LogP contribution in [0.5, 0.6) is 0 Å². The average molecular weight is 360 g/mol. The van der Waals surface area contributed by atoms with Crippen molar-refractivity contribution in [2.45, 2.75) is 6.42 Å². The first-order valence-corrected chi connectivity index (χ1v) is 9.31. The van der Waals surface area contributed by atoms with Gasteiger partial charge in [0.2, 0.25) is 21.8 Å². The van der Waals surface area contributed by atoms with Gasteiger partial charge in [-0.1, -0.05) is 11.6 Å². The summed E-state index contributed by atoms with van der Waals surface area (Å²) < 4.78 is 24.1. The molecule has 7 nitrogen and oxygen atoms in total. The van der Waals surface area contributed by atoms with Crippen LogP contribution in [0.15, 0.2) is 24.3 Å². The molecule has 23 heavy (non-hydrogen) atoms. The van der Waals surface area contributed by atoms with Crippen molar-refractivity contribution in [1.29, 1.82) is 0 Å². The van der Waals surface area contributed by atoms with E-state index in [4.69, 9.17) is 11.6 Å². The first-order valence-electron chi connectivity index (χ1n) is 7.04. The van der Waals surface area contributed by atoms with Gasteiger partial charge in [0.25, 0.3) is 0 Å². The van der Waals surface area contributed by atoms with Crippen LogP contribution in [-0.2, 0) is 19.6 Å². The number of sulfonamides is 1. The fourth-order valence-electron chi connectivity index (χ4n) is 2.32. The van der Waals surface area contributed by atoms with Crippen molar-refractivity contribution in [3.05, 3.63) is 29.3 Å². The Morgan fingerprint density at radius 3 is 2.57 bits per heavy atom. The monoisotopic (exact) mass is 359 g/mol. The van der Waals surface area contributed by atoms with Crippen LogP contribution in [0.25, 0.3) is 0 Å². The van der Waals surface area contributed by atoms with Crippen LogP contribution >= 0.6 is 11.6 Å². The van der Waals surface area contributed by atoms with Crippen LogP contribution in [0.4, 0.5) is 5.69 Å². The molecule has 0 bridgehead atoms. The fourth-order valence-corrected chi connectivity index (χ4v) is 2.92. The van der Waals surface area contributed by atoms with Gasteiger partial charge in [-0.3, -0.25) is 9.59 Å². The zero-order valence-corrected chi connectivity index (χ0v) is 14.2. The molecule has 0 aliphatic carbocycles. The van der Waals surface area contributed by atoms with Crippen LogP contribution < -0.4 is 14.9 Å². The lowest BCUT2D eigenvalue weighted by Crippen LogP contribution is -2.38. The van der Waals surface area contributed by atoms with Crippen molar-refractivity contribution < 1.29 is 18.0 Å². The molecular weight excluding hydrogens is 342 g/mol. The van der Waals surface area contributed by atoms with Crippen molar-refractivity contribution in [3.63, 3.8) is 0 Å². The summed E-state index contributed by atoms with van der Waals surface area (Å²) in [6.07, 6.45) is 1.18. The van der Waals surface area contributed by atoms with Gasteiger partial charge in [0.15, 0.2) is 0 Å². The summed E-state index contributed by atoms with van der Waals surface area (Å²) in [7, 11) is -3.27. The van der Waals surface area contributed by atoms with Crippen LogP contribution in [0, 0.1) is 5.92 Å². The van der Waals surface area contributed by atoms with Crippen molar-refractivity contribution in [3.8, 4) is 0 Å². The Kier molecular flexibility index (Phi) is 5.61. The van der Waals surface area contributed by atoms with E-state index in [2.05, 4.69) is 10.0 Å². The molecule has 0 aromatic heterocycles. The van der Waals surface area contributed by atoms with Crippen molar-refractivity contribution in [2.75, 3.05) is 30.8 Å². The third kappa shape index (κ3) is 5.19. The summed E-state index contributed by atoms with van der Waals surface area (Å²) in [6, 6.07) is 6.84. The van der Waals surface area contributed by atoms with Crippen molar-refractivity contribution in [2.24, 2.45) is 5.92 Å². The first-order chi connectivity index (χ1) is 10.8. The molecule has 1 heterocycles. The van der Waals surface area contributed by atoms with Gasteiger partial charge in [-0.25, -0.2) is 13.1 Å². The number of anilines is 1. The number of carbonyl (C=O) groups excluding carboxylic acids is 2. The minimum atomic E-state index is -3.27. The van der Waals surface area contributed by atoms with E-state index in [0.717, 1.165) is 6.26 Å². The Morgan fingerprint density at radius 1 is 1.30 bits per heavy atom. The molecule has 1 fully saturated rings. The average Bonchev–Trinajstić information content (AvgIpc) is 2.85. The maximum absolute atomic E-state index is 12.1. The van der Waals surface area contributed by atoms with E-state index in [9.17, 15) is 18.0 Å². The molecule has 2 amide bonds. The summed E-state index contributed by atoms with van der Waals surface area (Å²) >= 11 is 5.82. The smallest absolute Gasteiger partial charge is 0.227 e. The van der Waals surface area contributed by atoms with Crippen molar-refractivity contribution in [1.82, 2.24) is 10.0 Å². The van der Waals surface area contributed by atoms with E-state index in [1.165, 1.54) is 0 Å². The fraction of sp³-hybridized carbons (Fsp3) is 0.429. The second-order valence-electron chi connectivity index (χ2n) is 5.34. The highest BCUT2D eigenvalue weighted by Crippen LogP contribution is 2.26. The number of amides is 2. The molecule has 1 saturated heterocycles. The predicted octanol–water partition coefficient (Wildman–Crippen LogP) is 0.358. The van der Waals surface area contributed by atoms with E-state index in [0.29, 0.717) is 17.3 Å². The van der Waals surface area contributed by atoms with Crippen LogP contribution in [-0.4, -0.2) is 46.1 Å². The zero-order valence-electron chi connectivity index (χ0n) is 12.6. The lowest BCUT2D eigenvalue weighted by molar-refractivity contribution is -0.126. The summed E-state index contributed by atoms with van der Waals surface area (Å²) in [5.41, 5.74) is 0.702. The number of halogens is 1. The van der Waals surface area contributed by atoms with Crippen LogP contribution in [0.3, 0.4) is 0 Å². The highest BCUT2D eigenvalue weighted by atomic mass is 35.5. The Bertz CT molecular complexity index is 690. The molecular formula is C14H18ClN3O4S. The maximum Gasteiger partial charge on any atom is 0.227 e. The Hall–Kier alpha value is -1.64. The molecule has 1 aromatic carbocycles. The maximum atomic E-state index is 12.1. The van der Waals surface area contributed by atoms with Gasteiger partial charge in [-0.05, 0) is 24.3 Å². The quantitative estimate of drug-likeness (QED) is 0.717. The van der Waals surface area contributed by atoms with Crippen LogP contribution in [0.1, 0.15) is 6.42 Å². The lowest BCUT2D eigenvalue weighted by Gasteiger charge is -2.16. The molecule has 1 aliphatic heterocycles. The topological polar surface area (TPSA) is 95.6 Å². The largest absolute Gasteiger partial charge is 0.354 e. The molecule has 0 radical (unpaired) electrons. The minimum absolute atomic E-state index is 0.117. The molecule has 1 unspecified atom stereocenters. The SMILES string of the molecule is CS(=O)(=O)NCCNC(=O)C1CC(=O)N(c2ccc(Cl)cc2)C1. The molecule has 1 aliphatic rings. The second-order valence-corrected chi connectivity index (χ2v) is 7.61. The number of nitrogens with zero attached hydrogens (tertiary/aromatic N) is 1. The summed E-state index contributed by atoms with van der Waals surface area (Å²) in [5, 5.41) is 3.21. The first kappa shape index (κ1) is 17.7. The van der Waals surface area contributed by atoms with E-state index < -0.39 is 15.9 Å². The number of rotatable bonds is 6. The Balaban J connectivity index is 1.86. The molecule has 1 aromatic rings. The van der Waals surface area contributed by atoms with Gasteiger partial charge < -0.3 is 10.2 Å². The Labute approximate surface area is 140 Å². The van der Waals surface area contributed by atoms with E-state index in [1.807, 2.05) is 0 Å². The van der Waals surface area contributed by atoms with Gasteiger partial charge in [0.1, 0.15) is 0 Å². The van der Waals surface area contributed by atoms with Gasteiger partial charge in [-0.15, -0.1) is 0 Å². The molecule has 0 saturated carbocycles. The summed E-state index contributed by atoms with van der Waals surface area (Å²) in [5.74, 6) is -0.830. The zero-order chi connectivity index (χ0) is 17.0. The number of carbonyl (C=O) groups is 2. The van der Waals surface area contributed by atoms with Crippen LogP contribution in [0.2, 0.25) is 5.02 Å². The second kappa shape index (κ2) is 7.29. The normalized spacial score (nSPS) is 18.3.